The summed E-state index contributed by atoms with van der Waals surface area (Å²) in [7, 11) is 0. The second kappa shape index (κ2) is 6.37. The normalized spacial score (nSPS) is 10.1. The van der Waals surface area contributed by atoms with Crippen LogP contribution in [0.25, 0.3) is 0 Å². The summed E-state index contributed by atoms with van der Waals surface area (Å²) < 4.78 is 0. The molecule has 0 rings (SSSR count). The van der Waals surface area contributed by atoms with Gasteiger partial charge in [0.1, 0.15) is 0 Å². The maximum atomic E-state index is 11.5. The van der Waals surface area contributed by atoms with Crippen LogP contribution in [-0.4, -0.2) is 47.6 Å². The Hall–Kier alpha value is -1.10. The summed E-state index contributed by atoms with van der Waals surface area (Å²) in [5.74, 6) is -0.407. The molecule has 0 atom stereocenters. The zero-order valence-corrected chi connectivity index (χ0v) is 8.91. The van der Waals surface area contributed by atoms with Gasteiger partial charge in [-0.1, -0.05) is 0 Å². The minimum Gasteiger partial charge on any atom is -0.395 e. The average molecular weight is 202 g/mol. The van der Waals surface area contributed by atoms with E-state index in [1.54, 1.807) is 0 Å². The highest BCUT2D eigenvalue weighted by atomic mass is 16.3. The van der Waals surface area contributed by atoms with Crippen LogP contribution >= 0.6 is 0 Å². The van der Waals surface area contributed by atoms with Crippen LogP contribution in [0.1, 0.15) is 20.8 Å². The van der Waals surface area contributed by atoms with Gasteiger partial charge in [-0.2, -0.15) is 0 Å². The quantitative estimate of drug-likeness (QED) is 0.622. The van der Waals surface area contributed by atoms with E-state index in [9.17, 15) is 9.59 Å². The lowest BCUT2D eigenvalue weighted by molar-refractivity contribution is -0.134. The van der Waals surface area contributed by atoms with Gasteiger partial charge >= 0.3 is 0 Å². The first-order valence-corrected chi connectivity index (χ1v) is 4.63. The van der Waals surface area contributed by atoms with Gasteiger partial charge in [0.2, 0.25) is 11.8 Å². The Morgan fingerprint density at radius 3 is 2.36 bits per heavy atom. The molecular weight excluding hydrogens is 184 g/mol. The number of hydrogen-bond donors (Lipinski definition) is 2. The third kappa shape index (κ3) is 4.81. The van der Waals surface area contributed by atoms with Gasteiger partial charge in [0.05, 0.1) is 13.2 Å². The van der Waals surface area contributed by atoms with Gasteiger partial charge in [-0.05, 0) is 13.8 Å². The van der Waals surface area contributed by atoms with Crippen molar-refractivity contribution in [2.75, 3.05) is 19.7 Å². The standard InChI is InChI=1S/C9H18N2O3/c1-7(2)11(4-5-12)9(14)6-10-8(3)13/h7,12H,4-6H2,1-3H3,(H,10,13). The smallest absolute Gasteiger partial charge is 0.242 e. The second-order valence-electron chi connectivity index (χ2n) is 3.31. The number of amides is 2. The zero-order chi connectivity index (χ0) is 11.1. The lowest BCUT2D eigenvalue weighted by Gasteiger charge is -2.25. The highest BCUT2D eigenvalue weighted by molar-refractivity contribution is 5.83. The van der Waals surface area contributed by atoms with Crippen LogP contribution in [0.4, 0.5) is 0 Å². The molecule has 2 amide bonds. The summed E-state index contributed by atoms with van der Waals surface area (Å²) in [6.07, 6.45) is 0. The molecule has 5 heteroatoms. The molecule has 0 aromatic carbocycles. The molecule has 0 aromatic heterocycles. The molecule has 14 heavy (non-hydrogen) atoms. The minimum absolute atomic E-state index is 0.00644. The maximum absolute atomic E-state index is 11.5. The summed E-state index contributed by atoms with van der Waals surface area (Å²) in [6.45, 7) is 5.31. The Labute approximate surface area is 84.1 Å². The Morgan fingerprint density at radius 1 is 1.43 bits per heavy atom. The number of aliphatic hydroxyl groups is 1. The van der Waals surface area contributed by atoms with Crippen LogP contribution in [0.5, 0.6) is 0 Å². The summed E-state index contributed by atoms with van der Waals surface area (Å²) in [6, 6.07) is 0.0309. The number of nitrogens with zero attached hydrogens (tertiary/aromatic N) is 1. The molecule has 0 saturated carbocycles. The first-order valence-electron chi connectivity index (χ1n) is 4.63. The monoisotopic (exact) mass is 202 g/mol. The average Bonchev–Trinajstić information content (AvgIpc) is 2.09. The van der Waals surface area contributed by atoms with Gasteiger partial charge in [0, 0.05) is 19.5 Å². The van der Waals surface area contributed by atoms with Gasteiger partial charge in [0.15, 0.2) is 0 Å². The van der Waals surface area contributed by atoms with Gasteiger partial charge in [0.25, 0.3) is 0 Å². The van der Waals surface area contributed by atoms with Gasteiger partial charge in [-0.3, -0.25) is 9.59 Å². The van der Waals surface area contributed by atoms with E-state index < -0.39 is 0 Å². The number of aliphatic hydroxyl groups excluding tert-OH is 1. The van der Waals surface area contributed by atoms with E-state index in [0.29, 0.717) is 6.54 Å². The van der Waals surface area contributed by atoms with Crippen molar-refractivity contribution in [2.45, 2.75) is 26.8 Å². The van der Waals surface area contributed by atoms with E-state index in [1.807, 2.05) is 13.8 Å². The molecule has 0 aliphatic carbocycles. The van der Waals surface area contributed by atoms with E-state index in [0.717, 1.165) is 0 Å². The molecule has 0 saturated heterocycles. The molecule has 0 aliphatic rings. The van der Waals surface area contributed by atoms with Crippen molar-refractivity contribution >= 4 is 11.8 Å². The molecule has 2 N–H and O–H groups in total. The predicted molar refractivity (Wildman–Crippen MR) is 52.6 cm³/mol. The van der Waals surface area contributed by atoms with Crippen molar-refractivity contribution in [3.05, 3.63) is 0 Å². The molecule has 0 fully saturated rings. The van der Waals surface area contributed by atoms with Crippen LogP contribution in [0.15, 0.2) is 0 Å². The molecule has 0 unspecified atom stereocenters. The fraction of sp³-hybridized carbons (Fsp3) is 0.778. The fourth-order valence-corrected chi connectivity index (χ4v) is 1.08. The molecule has 0 spiro atoms. The van der Waals surface area contributed by atoms with E-state index in [4.69, 9.17) is 5.11 Å². The Morgan fingerprint density at radius 2 is 2.00 bits per heavy atom. The molecule has 0 bridgehead atoms. The number of carbonyl (C=O) groups excluding carboxylic acids is 2. The van der Waals surface area contributed by atoms with Gasteiger partial charge in [-0.25, -0.2) is 0 Å². The highest BCUT2D eigenvalue weighted by Crippen LogP contribution is 1.97. The lowest BCUT2D eigenvalue weighted by atomic mass is 10.3. The lowest BCUT2D eigenvalue weighted by Crippen LogP contribution is -2.44. The summed E-state index contributed by atoms with van der Waals surface area (Å²) in [5.41, 5.74) is 0. The molecule has 0 heterocycles. The Kier molecular flexibility index (Phi) is 5.87. The topological polar surface area (TPSA) is 69.6 Å². The van der Waals surface area contributed by atoms with Crippen molar-refractivity contribution in [1.29, 1.82) is 0 Å². The molecule has 82 valence electrons. The molecule has 0 aliphatic heterocycles. The largest absolute Gasteiger partial charge is 0.395 e. The Balaban J connectivity index is 4.08. The maximum Gasteiger partial charge on any atom is 0.242 e. The summed E-state index contributed by atoms with van der Waals surface area (Å²) >= 11 is 0. The number of hydrogen-bond acceptors (Lipinski definition) is 3. The second-order valence-corrected chi connectivity index (χ2v) is 3.31. The third-order valence-electron chi connectivity index (χ3n) is 1.77. The summed E-state index contributed by atoms with van der Waals surface area (Å²) in [4.78, 5) is 23.6. The number of nitrogens with one attached hydrogen (secondary N) is 1. The van der Waals surface area contributed by atoms with Crippen molar-refractivity contribution in [2.24, 2.45) is 0 Å². The fourth-order valence-electron chi connectivity index (χ4n) is 1.08. The summed E-state index contributed by atoms with van der Waals surface area (Å²) in [5, 5.41) is 11.2. The first kappa shape index (κ1) is 12.9. The van der Waals surface area contributed by atoms with Gasteiger partial charge in [-0.15, -0.1) is 0 Å². The van der Waals surface area contributed by atoms with Crippen LogP contribution in [-0.2, 0) is 9.59 Å². The highest BCUT2D eigenvalue weighted by Gasteiger charge is 2.15. The molecule has 0 radical (unpaired) electrons. The van der Waals surface area contributed by atoms with E-state index in [-0.39, 0.29) is 31.0 Å². The van der Waals surface area contributed by atoms with Crippen molar-refractivity contribution in [3.8, 4) is 0 Å². The number of carbonyl (C=O) groups is 2. The van der Waals surface area contributed by atoms with E-state index in [2.05, 4.69) is 5.32 Å². The van der Waals surface area contributed by atoms with Crippen molar-refractivity contribution in [3.63, 3.8) is 0 Å². The number of rotatable bonds is 5. The first-order chi connectivity index (χ1) is 6.49. The Bertz CT molecular complexity index is 204. The zero-order valence-electron chi connectivity index (χ0n) is 8.91. The van der Waals surface area contributed by atoms with Crippen LogP contribution in [0.3, 0.4) is 0 Å². The van der Waals surface area contributed by atoms with Crippen LogP contribution in [0.2, 0.25) is 0 Å². The minimum atomic E-state index is -0.231. The van der Waals surface area contributed by atoms with Crippen LogP contribution in [0, 0.1) is 0 Å². The van der Waals surface area contributed by atoms with Crippen LogP contribution < -0.4 is 5.32 Å². The predicted octanol–water partition coefficient (Wildman–Crippen LogP) is -0.648. The SMILES string of the molecule is CC(=O)NCC(=O)N(CCO)C(C)C. The molecule has 0 aromatic rings. The third-order valence-corrected chi connectivity index (χ3v) is 1.77. The van der Waals surface area contributed by atoms with Crippen molar-refractivity contribution < 1.29 is 14.7 Å². The molecular formula is C9H18N2O3. The molecule has 5 nitrogen and oxygen atoms in total. The van der Waals surface area contributed by atoms with Crippen molar-refractivity contribution in [1.82, 2.24) is 10.2 Å². The van der Waals surface area contributed by atoms with Gasteiger partial charge < -0.3 is 15.3 Å². The van der Waals surface area contributed by atoms with E-state index >= 15 is 0 Å². The van der Waals surface area contributed by atoms with E-state index in [1.165, 1.54) is 11.8 Å².